The zero-order chi connectivity index (χ0) is 10.6. The van der Waals surface area contributed by atoms with Crippen LogP contribution in [-0.2, 0) is 9.84 Å². The van der Waals surface area contributed by atoms with E-state index in [-0.39, 0.29) is 11.8 Å². The zero-order valence-electron chi connectivity index (χ0n) is 8.82. The van der Waals surface area contributed by atoms with Gasteiger partial charge in [0.05, 0.1) is 26.9 Å². The standard InChI is InChI=1S/C10H16NO2S/c1-11(2,3)9-6-4-5-8-7-14(12,13)10(8)9/h4,6,9H,5,7H2,1-3H3/q+1/t9-/m0/s1. The van der Waals surface area contributed by atoms with Gasteiger partial charge in [-0.25, -0.2) is 8.42 Å². The Bertz CT molecular complexity index is 424. The SMILES string of the molecule is C[N+](C)(C)[C@H]1C=CCC2=C1S(=O)(=O)C2. The third-order valence-corrected chi connectivity index (χ3v) is 4.76. The van der Waals surface area contributed by atoms with Gasteiger partial charge in [-0.3, -0.25) is 0 Å². The second-order valence-electron chi connectivity index (χ2n) is 4.92. The molecule has 3 nitrogen and oxygen atoms in total. The predicted molar refractivity (Wildman–Crippen MR) is 56.4 cm³/mol. The van der Waals surface area contributed by atoms with E-state index in [1.54, 1.807) is 0 Å². The summed E-state index contributed by atoms with van der Waals surface area (Å²) in [4.78, 5) is 0.688. The summed E-state index contributed by atoms with van der Waals surface area (Å²) < 4.78 is 23.9. The third-order valence-electron chi connectivity index (χ3n) is 2.83. The van der Waals surface area contributed by atoms with Gasteiger partial charge in [0.15, 0.2) is 9.84 Å². The maximum absolute atomic E-state index is 11.6. The normalized spacial score (nSPS) is 29.8. The van der Waals surface area contributed by atoms with Gasteiger partial charge in [0.25, 0.3) is 0 Å². The van der Waals surface area contributed by atoms with E-state index in [9.17, 15) is 8.42 Å². The van der Waals surface area contributed by atoms with E-state index in [4.69, 9.17) is 0 Å². The van der Waals surface area contributed by atoms with Crippen molar-refractivity contribution in [3.63, 3.8) is 0 Å². The molecule has 1 heterocycles. The smallest absolute Gasteiger partial charge is 0.184 e. The summed E-state index contributed by atoms with van der Waals surface area (Å²) in [5.41, 5.74) is 1.12. The molecule has 4 heteroatoms. The number of hydrogen-bond acceptors (Lipinski definition) is 2. The number of hydrogen-bond donors (Lipinski definition) is 0. The van der Waals surface area contributed by atoms with Crippen molar-refractivity contribution in [2.75, 3.05) is 26.9 Å². The Morgan fingerprint density at radius 1 is 1.36 bits per heavy atom. The molecule has 0 aromatic carbocycles. The van der Waals surface area contributed by atoms with Crippen LogP contribution in [-0.4, -0.2) is 45.8 Å². The molecule has 14 heavy (non-hydrogen) atoms. The minimum Gasteiger partial charge on any atom is -0.321 e. The van der Waals surface area contributed by atoms with Gasteiger partial charge < -0.3 is 4.48 Å². The summed E-state index contributed by atoms with van der Waals surface area (Å²) in [6, 6.07) is 0.0255. The lowest BCUT2D eigenvalue weighted by Gasteiger charge is -2.39. The fourth-order valence-electron chi connectivity index (χ4n) is 2.11. The summed E-state index contributed by atoms with van der Waals surface area (Å²) >= 11 is 0. The highest BCUT2D eigenvalue weighted by atomic mass is 32.2. The zero-order valence-corrected chi connectivity index (χ0v) is 9.63. The lowest BCUT2D eigenvalue weighted by Crippen LogP contribution is -2.50. The highest BCUT2D eigenvalue weighted by Crippen LogP contribution is 2.38. The van der Waals surface area contributed by atoms with E-state index in [2.05, 4.69) is 6.08 Å². The van der Waals surface area contributed by atoms with Crippen LogP contribution in [0.4, 0.5) is 0 Å². The van der Waals surface area contributed by atoms with Crippen LogP contribution in [0, 0.1) is 0 Å². The lowest BCUT2D eigenvalue weighted by molar-refractivity contribution is -0.883. The van der Waals surface area contributed by atoms with E-state index >= 15 is 0 Å². The Kier molecular flexibility index (Phi) is 1.92. The first kappa shape index (κ1) is 9.93. The summed E-state index contributed by atoms with van der Waals surface area (Å²) in [5.74, 6) is 0.281. The van der Waals surface area contributed by atoms with Crippen LogP contribution >= 0.6 is 0 Å². The fraction of sp³-hybridized carbons (Fsp3) is 0.600. The maximum Gasteiger partial charge on any atom is 0.184 e. The van der Waals surface area contributed by atoms with Crippen LogP contribution in [0.2, 0.25) is 0 Å². The number of allylic oxidation sites excluding steroid dienone is 1. The quantitative estimate of drug-likeness (QED) is 0.476. The van der Waals surface area contributed by atoms with Crippen molar-refractivity contribution >= 4 is 9.84 Å². The molecule has 0 bridgehead atoms. The van der Waals surface area contributed by atoms with E-state index in [1.165, 1.54) is 0 Å². The molecule has 1 aliphatic carbocycles. The van der Waals surface area contributed by atoms with E-state index < -0.39 is 9.84 Å². The monoisotopic (exact) mass is 214 g/mol. The first-order valence-corrected chi connectivity index (χ1v) is 6.40. The minimum atomic E-state index is -2.90. The highest BCUT2D eigenvalue weighted by molar-refractivity contribution is 7.96. The van der Waals surface area contributed by atoms with E-state index in [1.807, 2.05) is 27.2 Å². The molecule has 1 atom stereocenters. The number of likely N-dealkylation sites (N-methyl/N-ethyl adjacent to an activating group) is 1. The third kappa shape index (κ3) is 1.33. The summed E-state index contributed by atoms with van der Waals surface area (Å²) in [6.45, 7) is 0. The van der Waals surface area contributed by atoms with Crippen LogP contribution in [0.15, 0.2) is 22.6 Å². The largest absolute Gasteiger partial charge is 0.321 e. The van der Waals surface area contributed by atoms with E-state index in [0.29, 0.717) is 9.39 Å². The molecular weight excluding hydrogens is 198 g/mol. The average Bonchev–Trinajstić information content (AvgIpc) is 2.00. The Hall–Kier alpha value is -0.610. The molecule has 0 aromatic rings. The van der Waals surface area contributed by atoms with Gasteiger partial charge in [0, 0.05) is 0 Å². The summed E-state index contributed by atoms with van der Waals surface area (Å²) in [5, 5.41) is 0. The Labute approximate surface area is 85.2 Å². The van der Waals surface area contributed by atoms with Crippen LogP contribution in [0.1, 0.15) is 6.42 Å². The predicted octanol–water partition coefficient (Wildman–Crippen LogP) is 0.704. The molecule has 2 aliphatic rings. The Morgan fingerprint density at radius 2 is 2.00 bits per heavy atom. The number of sulfone groups is 1. The van der Waals surface area contributed by atoms with Crippen molar-refractivity contribution in [3.8, 4) is 0 Å². The summed E-state index contributed by atoms with van der Waals surface area (Å²) in [6.07, 6.45) is 4.93. The average molecular weight is 214 g/mol. The van der Waals surface area contributed by atoms with Gasteiger partial charge in [-0.1, -0.05) is 6.08 Å². The molecule has 0 aromatic heterocycles. The topological polar surface area (TPSA) is 34.1 Å². The Balaban J connectivity index is 2.45. The number of rotatable bonds is 1. The molecular formula is C10H16NO2S+. The van der Waals surface area contributed by atoms with Crippen molar-refractivity contribution < 1.29 is 12.9 Å². The van der Waals surface area contributed by atoms with Crippen molar-refractivity contribution in [1.82, 2.24) is 0 Å². The molecule has 0 unspecified atom stereocenters. The van der Waals surface area contributed by atoms with Crippen molar-refractivity contribution in [3.05, 3.63) is 22.6 Å². The van der Waals surface area contributed by atoms with Gasteiger partial charge in [-0.15, -0.1) is 0 Å². The lowest BCUT2D eigenvalue weighted by atomic mass is 10.0. The van der Waals surface area contributed by atoms with Crippen molar-refractivity contribution in [2.24, 2.45) is 0 Å². The molecule has 0 amide bonds. The van der Waals surface area contributed by atoms with Gasteiger partial charge in [0.2, 0.25) is 0 Å². The van der Waals surface area contributed by atoms with Gasteiger partial charge in [-0.05, 0) is 18.1 Å². The van der Waals surface area contributed by atoms with E-state index in [0.717, 1.165) is 12.0 Å². The number of quaternary nitrogens is 1. The molecule has 2 rings (SSSR count). The van der Waals surface area contributed by atoms with Crippen molar-refractivity contribution in [1.29, 1.82) is 0 Å². The molecule has 0 fully saturated rings. The fourth-order valence-corrected chi connectivity index (χ4v) is 4.11. The molecule has 1 aliphatic heterocycles. The van der Waals surface area contributed by atoms with Gasteiger partial charge >= 0.3 is 0 Å². The second kappa shape index (κ2) is 2.70. The molecule has 0 N–H and O–H groups in total. The summed E-state index contributed by atoms with van der Waals surface area (Å²) in [7, 11) is 3.18. The molecule has 0 radical (unpaired) electrons. The first-order chi connectivity index (χ1) is 6.32. The molecule has 0 saturated carbocycles. The Morgan fingerprint density at radius 3 is 2.43 bits per heavy atom. The van der Waals surface area contributed by atoms with Gasteiger partial charge in [-0.2, -0.15) is 0 Å². The van der Waals surface area contributed by atoms with Crippen molar-refractivity contribution in [2.45, 2.75) is 12.5 Å². The molecule has 0 saturated heterocycles. The first-order valence-electron chi connectivity index (χ1n) is 4.75. The maximum atomic E-state index is 11.6. The van der Waals surface area contributed by atoms with Crippen LogP contribution < -0.4 is 0 Å². The van der Waals surface area contributed by atoms with Gasteiger partial charge in [0.1, 0.15) is 10.9 Å². The van der Waals surface area contributed by atoms with Crippen LogP contribution in [0.25, 0.3) is 0 Å². The minimum absolute atomic E-state index is 0.0255. The molecule has 78 valence electrons. The van der Waals surface area contributed by atoms with Crippen LogP contribution in [0.5, 0.6) is 0 Å². The molecule has 0 spiro atoms. The van der Waals surface area contributed by atoms with Crippen LogP contribution in [0.3, 0.4) is 0 Å². The highest BCUT2D eigenvalue weighted by Gasteiger charge is 2.44. The second-order valence-corrected chi connectivity index (χ2v) is 6.88. The number of nitrogens with zero attached hydrogens (tertiary/aromatic N) is 1.